The van der Waals surface area contributed by atoms with Gasteiger partial charge >= 0.3 is 5.97 Å². The summed E-state index contributed by atoms with van der Waals surface area (Å²) in [7, 11) is 0. The molecule has 0 aliphatic carbocycles. The molecule has 3 atom stereocenters. The average Bonchev–Trinajstić information content (AvgIpc) is 2.61. The molecular formula is C24H38O3. The zero-order valence-electron chi connectivity index (χ0n) is 17.8. The van der Waals surface area contributed by atoms with Crippen LogP contribution in [0.5, 0.6) is 0 Å². The first kappa shape index (κ1) is 23.4. The van der Waals surface area contributed by atoms with E-state index in [0.29, 0.717) is 25.4 Å². The highest BCUT2D eigenvalue weighted by Crippen LogP contribution is 2.35. The third-order valence-corrected chi connectivity index (χ3v) is 5.62. The number of cyclic esters (lactones) is 1. The summed E-state index contributed by atoms with van der Waals surface area (Å²) < 4.78 is 5.43. The zero-order chi connectivity index (χ0) is 20.4. The molecule has 0 saturated carbocycles. The molecule has 152 valence electrons. The number of rotatable bonds is 3. The Kier molecular flexibility index (Phi) is 9.76. The maximum absolute atomic E-state index is 13.3. The Balaban J connectivity index is 3.05. The van der Waals surface area contributed by atoms with Gasteiger partial charge in [-0.05, 0) is 51.4 Å². The van der Waals surface area contributed by atoms with E-state index in [-0.39, 0.29) is 17.7 Å². The predicted octanol–water partition coefficient (Wildman–Crippen LogP) is 6.06. The second-order valence-electron chi connectivity index (χ2n) is 8.76. The molecule has 0 aromatic rings. The van der Waals surface area contributed by atoms with Gasteiger partial charge in [0.15, 0.2) is 0 Å². The summed E-state index contributed by atoms with van der Waals surface area (Å²) in [6, 6.07) is 0. The summed E-state index contributed by atoms with van der Waals surface area (Å²) >= 11 is 0. The maximum atomic E-state index is 13.3. The number of hydrogen-bond donors (Lipinski definition) is 0. The summed E-state index contributed by atoms with van der Waals surface area (Å²) in [5, 5.41) is 0. The molecule has 3 heteroatoms. The van der Waals surface area contributed by atoms with Crippen molar-refractivity contribution in [1.29, 1.82) is 0 Å². The number of ether oxygens (including phenoxy) is 1. The highest BCUT2D eigenvalue weighted by Gasteiger charge is 2.37. The molecule has 0 spiro atoms. The molecule has 0 aromatic carbocycles. The van der Waals surface area contributed by atoms with Crippen LogP contribution in [-0.4, -0.2) is 18.4 Å². The number of carbonyl (C=O) groups is 2. The van der Waals surface area contributed by atoms with Crippen LogP contribution >= 0.6 is 0 Å². The number of hydrogen-bond acceptors (Lipinski definition) is 3. The molecule has 3 nitrogen and oxygen atoms in total. The van der Waals surface area contributed by atoms with E-state index in [1.165, 1.54) is 5.57 Å². The lowest BCUT2D eigenvalue weighted by atomic mass is 9.72. The Hall–Kier alpha value is -1.64. The molecule has 1 aliphatic heterocycles. The van der Waals surface area contributed by atoms with Crippen molar-refractivity contribution in [2.75, 3.05) is 6.61 Å². The Morgan fingerprint density at radius 2 is 2.00 bits per heavy atom. The highest BCUT2D eigenvalue weighted by atomic mass is 16.5. The van der Waals surface area contributed by atoms with Crippen LogP contribution in [0.25, 0.3) is 0 Å². The topological polar surface area (TPSA) is 43.4 Å². The van der Waals surface area contributed by atoms with E-state index in [0.717, 1.165) is 32.1 Å². The van der Waals surface area contributed by atoms with E-state index in [1.54, 1.807) is 6.08 Å². The number of ketones is 1. The fourth-order valence-corrected chi connectivity index (χ4v) is 3.98. The van der Waals surface area contributed by atoms with Gasteiger partial charge in [-0.15, -0.1) is 13.2 Å². The van der Waals surface area contributed by atoms with Crippen molar-refractivity contribution in [3.63, 3.8) is 0 Å². The number of esters is 1. The van der Waals surface area contributed by atoms with Crippen LogP contribution in [0.3, 0.4) is 0 Å². The average molecular weight is 375 g/mol. The van der Waals surface area contributed by atoms with Gasteiger partial charge < -0.3 is 4.74 Å². The largest absolute Gasteiger partial charge is 0.465 e. The van der Waals surface area contributed by atoms with Gasteiger partial charge in [0.05, 0.1) is 12.5 Å². The summed E-state index contributed by atoms with van der Waals surface area (Å²) in [4.78, 5) is 25.7. The van der Waals surface area contributed by atoms with Gasteiger partial charge in [0.1, 0.15) is 5.78 Å². The molecular weight excluding hydrogens is 336 g/mol. The summed E-state index contributed by atoms with van der Waals surface area (Å²) in [6.45, 7) is 16.3. The summed E-state index contributed by atoms with van der Waals surface area (Å²) in [5.74, 6) is -0.0624. The third-order valence-electron chi connectivity index (χ3n) is 5.62. The van der Waals surface area contributed by atoms with Crippen LogP contribution in [-0.2, 0) is 14.3 Å². The van der Waals surface area contributed by atoms with Crippen LogP contribution < -0.4 is 0 Å². The van der Waals surface area contributed by atoms with Gasteiger partial charge in [0, 0.05) is 11.3 Å². The minimum atomic E-state index is -0.598. The molecule has 0 aromatic heterocycles. The van der Waals surface area contributed by atoms with Gasteiger partial charge in [-0.3, -0.25) is 9.59 Å². The lowest BCUT2D eigenvalue weighted by molar-refractivity contribution is -0.148. The highest BCUT2D eigenvalue weighted by molar-refractivity contribution is 5.87. The van der Waals surface area contributed by atoms with Gasteiger partial charge in [0.25, 0.3) is 0 Å². The van der Waals surface area contributed by atoms with Crippen molar-refractivity contribution in [2.24, 2.45) is 23.2 Å². The number of Topliss-reactive ketones (excluding diaryl/α,β-unsaturated/α-hetero) is 1. The standard InChI is InChI=1S/C24H38O3/c1-7-11-21-16-19(4)13-9-12-18(3)14-10-15-27-23(26)20(8-2)17-24(5,6)22(21)25/h7-8,14,19-21H,1-2,9-13,15-17H2,3-6H3. The minimum absolute atomic E-state index is 0.0430. The van der Waals surface area contributed by atoms with E-state index in [4.69, 9.17) is 4.74 Å². The molecule has 3 unspecified atom stereocenters. The van der Waals surface area contributed by atoms with Crippen molar-refractivity contribution >= 4 is 11.8 Å². The molecule has 27 heavy (non-hydrogen) atoms. The van der Waals surface area contributed by atoms with Crippen molar-refractivity contribution in [3.8, 4) is 0 Å². The lowest BCUT2D eigenvalue weighted by Gasteiger charge is -2.31. The Bertz CT molecular complexity index is 556. The first-order valence-corrected chi connectivity index (χ1v) is 10.3. The van der Waals surface area contributed by atoms with Gasteiger partial charge in [-0.1, -0.05) is 51.0 Å². The number of allylic oxidation sites excluding steroid dienone is 2. The van der Waals surface area contributed by atoms with Crippen molar-refractivity contribution in [3.05, 3.63) is 37.0 Å². The van der Waals surface area contributed by atoms with E-state index >= 15 is 0 Å². The maximum Gasteiger partial charge on any atom is 0.312 e. The van der Waals surface area contributed by atoms with Crippen LogP contribution in [0, 0.1) is 23.2 Å². The molecule has 0 fully saturated rings. The van der Waals surface area contributed by atoms with Crippen LogP contribution in [0.2, 0.25) is 0 Å². The fourth-order valence-electron chi connectivity index (χ4n) is 3.98. The van der Waals surface area contributed by atoms with Crippen LogP contribution in [0.4, 0.5) is 0 Å². The zero-order valence-corrected chi connectivity index (χ0v) is 17.8. The molecule has 1 aliphatic rings. The molecule has 0 bridgehead atoms. The predicted molar refractivity (Wildman–Crippen MR) is 112 cm³/mol. The van der Waals surface area contributed by atoms with E-state index in [2.05, 4.69) is 33.1 Å². The van der Waals surface area contributed by atoms with Gasteiger partial charge in [0.2, 0.25) is 0 Å². The Morgan fingerprint density at radius 1 is 1.30 bits per heavy atom. The van der Waals surface area contributed by atoms with E-state index in [9.17, 15) is 9.59 Å². The molecule has 0 N–H and O–H groups in total. The van der Waals surface area contributed by atoms with E-state index < -0.39 is 11.3 Å². The molecule has 0 amide bonds. The third kappa shape index (κ3) is 7.86. The Morgan fingerprint density at radius 3 is 2.63 bits per heavy atom. The summed E-state index contributed by atoms with van der Waals surface area (Å²) in [6.07, 6.45) is 11.7. The number of carbonyl (C=O) groups excluding carboxylic acids is 2. The van der Waals surface area contributed by atoms with Gasteiger partial charge in [-0.2, -0.15) is 0 Å². The molecule has 1 heterocycles. The lowest BCUT2D eigenvalue weighted by Crippen LogP contribution is -2.35. The molecule has 0 saturated heterocycles. The second kappa shape index (κ2) is 11.3. The second-order valence-corrected chi connectivity index (χ2v) is 8.76. The first-order valence-electron chi connectivity index (χ1n) is 10.3. The minimum Gasteiger partial charge on any atom is -0.465 e. The van der Waals surface area contributed by atoms with E-state index in [1.807, 2.05) is 19.9 Å². The SMILES string of the molecule is C=CCC1CC(C)CCCC(C)=CCCOC(=O)C(C=C)CC(C)(C)C1=O. The van der Waals surface area contributed by atoms with Crippen molar-refractivity contribution in [2.45, 2.75) is 72.6 Å². The van der Waals surface area contributed by atoms with Crippen molar-refractivity contribution < 1.29 is 14.3 Å². The quantitative estimate of drug-likeness (QED) is 0.446. The Labute approximate surface area is 165 Å². The van der Waals surface area contributed by atoms with Crippen LogP contribution in [0.15, 0.2) is 37.0 Å². The molecule has 1 rings (SSSR count). The van der Waals surface area contributed by atoms with Gasteiger partial charge in [-0.25, -0.2) is 0 Å². The van der Waals surface area contributed by atoms with Crippen molar-refractivity contribution in [1.82, 2.24) is 0 Å². The normalized spacial score (nSPS) is 28.7. The van der Waals surface area contributed by atoms with Crippen LogP contribution in [0.1, 0.15) is 72.6 Å². The fraction of sp³-hybridized carbons (Fsp3) is 0.667. The monoisotopic (exact) mass is 374 g/mol. The molecule has 0 radical (unpaired) electrons. The summed E-state index contributed by atoms with van der Waals surface area (Å²) in [5.41, 5.74) is 0.740. The smallest absolute Gasteiger partial charge is 0.312 e. The first-order chi connectivity index (χ1) is 12.7.